The summed E-state index contributed by atoms with van der Waals surface area (Å²) in [5.41, 5.74) is 0.648. The summed E-state index contributed by atoms with van der Waals surface area (Å²) in [6.45, 7) is 0.851. The molecule has 0 amide bonds. The highest BCUT2D eigenvalue weighted by Gasteiger charge is 2.07. The SMILES string of the molecule is CNCC(O)Cn1ncc(=O)c2ccccc21. The molecule has 0 saturated heterocycles. The smallest absolute Gasteiger partial charge is 0.207 e. The van der Waals surface area contributed by atoms with Crippen LogP contribution < -0.4 is 10.7 Å². The third-order valence-corrected chi connectivity index (χ3v) is 2.59. The van der Waals surface area contributed by atoms with Crippen LogP contribution in [-0.2, 0) is 6.54 Å². The average molecular weight is 233 g/mol. The van der Waals surface area contributed by atoms with E-state index in [1.54, 1.807) is 17.8 Å². The van der Waals surface area contributed by atoms with Crippen LogP contribution in [-0.4, -0.2) is 34.6 Å². The molecule has 1 aromatic heterocycles. The topological polar surface area (TPSA) is 67.2 Å². The van der Waals surface area contributed by atoms with E-state index in [-0.39, 0.29) is 5.43 Å². The first-order valence-corrected chi connectivity index (χ1v) is 5.50. The predicted octanol–water partition coefficient (Wildman–Crippen LogP) is -0.0232. The van der Waals surface area contributed by atoms with E-state index in [1.165, 1.54) is 6.20 Å². The van der Waals surface area contributed by atoms with E-state index in [1.807, 2.05) is 18.2 Å². The Balaban J connectivity index is 2.41. The van der Waals surface area contributed by atoms with Gasteiger partial charge in [-0.05, 0) is 19.2 Å². The number of hydrogen-bond acceptors (Lipinski definition) is 4. The van der Waals surface area contributed by atoms with Crippen molar-refractivity contribution in [1.29, 1.82) is 0 Å². The molecular formula is C12H15N3O2. The van der Waals surface area contributed by atoms with Crippen molar-refractivity contribution in [3.05, 3.63) is 40.7 Å². The number of nitrogens with one attached hydrogen (secondary N) is 1. The van der Waals surface area contributed by atoms with Gasteiger partial charge in [-0.1, -0.05) is 12.1 Å². The fourth-order valence-corrected chi connectivity index (χ4v) is 1.81. The Morgan fingerprint density at radius 2 is 2.24 bits per heavy atom. The van der Waals surface area contributed by atoms with Crippen LogP contribution in [0.5, 0.6) is 0 Å². The number of fused-ring (bicyclic) bond motifs is 1. The molecule has 1 unspecified atom stereocenters. The number of aromatic nitrogens is 2. The minimum absolute atomic E-state index is 0.0973. The van der Waals surface area contributed by atoms with Crippen LogP contribution in [0.1, 0.15) is 0 Å². The summed E-state index contributed by atoms with van der Waals surface area (Å²) in [6, 6.07) is 7.26. The first kappa shape index (κ1) is 11.8. The molecule has 0 spiro atoms. The second-order valence-electron chi connectivity index (χ2n) is 3.92. The van der Waals surface area contributed by atoms with Gasteiger partial charge in [-0.2, -0.15) is 5.10 Å². The van der Waals surface area contributed by atoms with E-state index < -0.39 is 6.10 Å². The second kappa shape index (κ2) is 5.07. The van der Waals surface area contributed by atoms with Gasteiger partial charge in [0.2, 0.25) is 5.43 Å². The molecule has 2 N–H and O–H groups in total. The molecule has 1 atom stereocenters. The van der Waals surface area contributed by atoms with Crippen molar-refractivity contribution in [1.82, 2.24) is 15.1 Å². The minimum Gasteiger partial charge on any atom is -0.390 e. The van der Waals surface area contributed by atoms with E-state index in [2.05, 4.69) is 10.4 Å². The third kappa shape index (κ3) is 2.51. The fraction of sp³-hybridized carbons (Fsp3) is 0.333. The average Bonchev–Trinajstić information content (AvgIpc) is 2.34. The van der Waals surface area contributed by atoms with Gasteiger partial charge >= 0.3 is 0 Å². The molecule has 0 bridgehead atoms. The van der Waals surface area contributed by atoms with Gasteiger partial charge in [0, 0.05) is 11.9 Å². The number of likely N-dealkylation sites (N-methyl/N-ethyl adjacent to an activating group) is 1. The van der Waals surface area contributed by atoms with Gasteiger partial charge in [-0.15, -0.1) is 0 Å². The van der Waals surface area contributed by atoms with Crippen LogP contribution in [0.25, 0.3) is 10.9 Å². The van der Waals surface area contributed by atoms with Crippen LogP contribution >= 0.6 is 0 Å². The van der Waals surface area contributed by atoms with Gasteiger partial charge in [-0.3, -0.25) is 9.48 Å². The van der Waals surface area contributed by atoms with Crippen molar-refractivity contribution in [3.8, 4) is 0 Å². The van der Waals surface area contributed by atoms with E-state index in [0.29, 0.717) is 18.5 Å². The highest BCUT2D eigenvalue weighted by atomic mass is 16.3. The zero-order chi connectivity index (χ0) is 12.3. The lowest BCUT2D eigenvalue weighted by Crippen LogP contribution is -2.29. The molecule has 0 fully saturated rings. The largest absolute Gasteiger partial charge is 0.390 e. The molecule has 0 saturated carbocycles. The Kier molecular flexibility index (Phi) is 3.51. The number of para-hydroxylation sites is 1. The first-order valence-electron chi connectivity index (χ1n) is 5.50. The molecule has 1 heterocycles. The van der Waals surface area contributed by atoms with Crippen molar-refractivity contribution >= 4 is 10.9 Å². The maximum absolute atomic E-state index is 11.6. The molecule has 17 heavy (non-hydrogen) atoms. The van der Waals surface area contributed by atoms with Gasteiger partial charge in [0.25, 0.3) is 0 Å². The highest BCUT2D eigenvalue weighted by molar-refractivity contribution is 5.77. The summed E-state index contributed by atoms with van der Waals surface area (Å²) in [5, 5.41) is 17.3. The zero-order valence-corrected chi connectivity index (χ0v) is 9.63. The van der Waals surface area contributed by atoms with Crippen molar-refractivity contribution in [2.24, 2.45) is 0 Å². The van der Waals surface area contributed by atoms with Crippen molar-refractivity contribution in [2.75, 3.05) is 13.6 Å². The zero-order valence-electron chi connectivity index (χ0n) is 9.63. The van der Waals surface area contributed by atoms with Crippen LogP contribution in [0, 0.1) is 0 Å². The first-order chi connectivity index (χ1) is 8.22. The Bertz CT molecular complexity index is 565. The van der Waals surface area contributed by atoms with Crippen LogP contribution in [0.15, 0.2) is 35.3 Å². The second-order valence-corrected chi connectivity index (χ2v) is 3.92. The highest BCUT2D eigenvalue weighted by Crippen LogP contribution is 2.08. The minimum atomic E-state index is -0.529. The molecule has 2 rings (SSSR count). The maximum atomic E-state index is 11.6. The van der Waals surface area contributed by atoms with Gasteiger partial charge in [-0.25, -0.2) is 0 Å². The van der Waals surface area contributed by atoms with Crippen molar-refractivity contribution < 1.29 is 5.11 Å². The van der Waals surface area contributed by atoms with Gasteiger partial charge in [0.15, 0.2) is 0 Å². The molecule has 0 radical (unpaired) electrons. The van der Waals surface area contributed by atoms with Crippen molar-refractivity contribution in [2.45, 2.75) is 12.6 Å². The van der Waals surface area contributed by atoms with Crippen LogP contribution in [0.3, 0.4) is 0 Å². The Hall–Kier alpha value is -1.72. The molecule has 1 aromatic carbocycles. The molecule has 0 aliphatic heterocycles. The molecule has 2 aromatic rings. The van der Waals surface area contributed by atoms with E-state index >= 15 is 0 Å². The van der Waals surface area contributed by atoms with Gasteiger partial charge < -0.3 is 10.4 Å². The lowest BCUT2D eigenvalue weighted by Gasteiger charge is -2.13. The number of aliphatic hydroxyl groups excluding tert-OH is 1. The predicted molar refractivity (Wildman–Crippen MR) is 65.9 cm³/mol. The number of benzene rings is 1. The molecular weight excluding hydrogens is 218 g/mol. The van der Waals surface area contributed by atoms with E-state index in [9.17, 15) is 9.90 Å². The normalized spacial score (nSPS) is 12.8. The van der Waals surface area contributed by atoms with Gasteiger partial charge in [0.1, 0.15) is 0 Å². The summed E-state index contributed by atoms with van der Waals surface area (Å²) in [6.07, 6.45) is 0.757. The number of rotatable bonds is 4. The van der Waals surface area contributed by atoms with Crippen LogP contribution in [0.4, 0.5) is 0 Å². The summed E-state index contributed by atoms with van der Waals surface area (Å²) in [7, 11) is 1.78. The Labute approximate surface area is 98.7 Å². The van der Waals surface area contributed by atoms with Crippen molar-refractivity contribution in [3.63, 3.8) is 0 Å². The lowest BCUT2D eigenvalue weighted by molar-refractivity contribution is 0.150. The van der Waals surface area contributed by atoms with Gasteiger partial charge in [0.05, 0.1) is 24.4 Å². The number of hydrogen-bond donors (Lipinski definition) is 2. The quantitative estimate of drug-likeness (QED) is 0.778. The fourth-order valence-electron chi connectivity index (χ4n) is 1.81. The molecule has 0 aliphatic carbocycles. The molecule has 5 nitrogen and oxygen atoms in total. The lowest BCUT2D eigenvalue weighted by atomic mass is 10.2. The summed E-state index contributed by atoms with van der Waals surface area (Å²) in [4.78, 5) is 11.6. The monoisotopic (exact) mass is 233 g/mol. The Morgan fingerprint density at radius 3 is 3.00 bits per heavy atom. The Morgan fingerprint density at radius 1 is 1.47 bits per heavy atom. The standard InChI is InChI=1S/C12H15N3O2/c1-13-6-9(16)8-15-11-5-3-2-4-10(11)12(17)7-14-15/h2-5,7,9,13,16H,6,8H2,1H3. The van der Waals surface area contributed by atoms with E-state index in [4.69, 9.17) is 0 Å². The summed E-state index contributed by atoms with van der Waals surface area (Å²) in [5.74, 6) is 0. The maximum Gasteiger partial charge on any atom is 0.207 e. The van der Waals surface area contributed by atoms with Crippen LogP contribution in [0.2, 0.25) is 0 Å². The molecule has 90 valence electrons. The summed E-state index contributed by atoms with van der Waals surface area (Å²) < 4.78 is 1.65. The number of aliphatic hydroxyl groups is 1. The molecule has 5 heteroatoms. The summed E-state index contributed by atoms with van der Waals surface area (Å²) >= 11 is 0. The van der Waals surface area contributed by atoms with E-state index in [0.717, 1.165) is 5.52 Å². The third-order valence-electron chi connectivity index (χ3n) is 2.59. The number of nitrogens with zero attached hydrogens (tertiary/aromatic N) is 2. The molecule has 0 aliphatic rings.